The normalized spacial score (nSPS) is 14.8. The summed E-state index contributed by atoms with van der Waals surface area (Å²) >= 11 is 1.60. The molecule has 2 aromatic carbocycles. The Hall–Kier alpha value is -2.65. The van der Waals surface area contributed by atoms with E-state index in [2.05, 4.69) is 4.90 Å². The van der Waals surface area contributed by atoms with Crippen LogP contribution in [0.3, 0.4) is 0 Å². The zero-order valence-electron chi connectivity index (χ0n) is 17.6. The molecule has 1 amide bonds. The highest BCUT2D eigenvalue weighted by Crippen LogP contribution is 2.34. The minimum absolute atomic E-state index is 0.185. The van der Waals surface area contributed by atoms with Gasteiger partial charge in [-0.3, -0.25) is 4.79 Å². The largest absolute Gasteiger partial charge is 0.492 e. The minimum atomic E-state index is -3.65. The summed E-state index contributed by atoms with van der Waals surface area (Å²) in [5.74, 6) is -0.0877. The number of amides is 1. The van der Waals surface area contributed by atoms with E-state index in [9.17, 15) is 13.2 Å². The molecule has 0 bridgehead atoms. The first kappa shape index (κ1) is 21.6. The molecule has 31 heavy (non-hydrogen) atoms. The van der Waals surface area contributed by atoms with E-state index in [1.165, 1.54) is 0 Å². The average Bonchev–Trinajstić information content (AvgIpc) is 3.19. The van der Waals surface area contributed by atoms with Gasteiger partial charge in [-0.05, 0) is 38.1 Å². The second-order valence-electron chi connectivity index (χ2n) is 7.47. The number of ether oxygens (including phenoxy) is 1. The number of piperazine rings is 1. The first-order valence-corrected chi connectivity index (χ1v) is 12.7. The van der Waals surface area contributed by atoms with Crippen molar-refractivity contribution in [2.45, 2.75) is 18.7 Å². The van der Waals surface area contributed by atoms with E-state index < -0.39 is 15.6 Å². The molecule has 0 unspecified atom stereocenters. The Morgan fingerprint density at radius 1 is 1.10 bits per heavy atom. The molecular weight excluding hydrogens is 434 g/mol. The molecule has 1 fully saturated rings. The quantitative estimate of drug-likeness (QED) is 0.564. The fourth-order valence-electron chi connectivity index (χ4n) is 3.55. The number of hydrogen-bond acceptors (Lipinski definition) is 7. The lowest BCUT2D eigenvalue weighted by Crippen LogP contribution is -2.50. The topological polar surface area (TPSA) is 79.8 Å². The SMILES string of the molecule is CCOc1cccc2sc(N3CCN(C(=O)CS(=O)(=O)c4ccc(C)cc4)CC3)nc12. The first-order valence-electron chi connectivity index (χ1n) is 10.2. The molecule has 1 saturated heterocycles. The van der Waals surface area contributed by atoms with Crippen LogP contribution in [0.25, 0.3) is 10.2 Å². The van der Waals surface area contributed by atoms with Crippen LogP contribution in [0.2, 0.25) is 0 Å². The van der Waals surface area contributed by atoms with Crippen molar-refractivity contribution < 1.29 is 17.9 Å². The summed E-state index contributed by atoms with van der Waals surface area (Å²) < 4.78 is 31.9. The lowest BCUT2D eigenvalue weighted by Gasteiger charge is -2.34. The second-order valence-corrected chi connectivity index (χ2v) is 10.5. The fourth-order valence-corrected chi connectivity index (χ4v) is 5.81. The summed E-state index contributed by atoms with van der Waals surface area (Å²) in [5.41, 5.74) is 1.83. The number of para-hydroxylation sites is 1. The molecule has 2 heterocycles. The maximum absolute atomic E-state index is 12.7. The predicted octanol–water partition coefficient (Wildman–Crippen LogP) is 3.13. The third-order valence-electron chi connectivity index (χ3n) is 5.27. The highest BCUT2D eigenvalue weighted by atomic mass is 32.2. The molecule has 0 aliphatic carbocycles. The zero-order chi connectivity index (χ0) is 22.0. The lowest BCUT2D eigenvalue weighted by atomic mass is 10.2. The van der Waals surface area contributed by atoms with Gasteiger partial charge in [0.15, 0.2) is 15.0 Å². The molecule has 3 aromatic rings. The molecule has 7 nitrogen and oxygen atoms in total. The number of nitrogens with zero attached hydrogens (tertiary/aromatic N) is 3. The van der Waals surface area contributed by atoms with Crippen LogP contribution in [0.1, 0.15) is 12.5 Å². The van der Waals surface area contributed by atoms with Crippen LogP contribution in [0.5, 0.6) is 5.75 Å². The number of thiazole rings is 1. The van der Waals surface area contributed by atoms with Gasteiger partial charge >= 0.3 is 0 Å². The van der Waals surface area contributed by atoms with Crippen molar-refractivity contribution in [3.63, 3.8) is 0 Å². The van der Waals surface area contributed by atoms with Crippen molar-refractivity contribution in [3.8, 4) is 5.75 Å². The summed E-state index contributed by atoms with van der Waals surface area (Å²) in [6.07, 6.45) is 0. The maximum Gasteiger partial charge on any atom is 0.238 e. The first-order chi connectivity index (χ1) is 14.9. The van der Waals surface area contributed by atoms with Gasteiger partial charge in [0.05, 0.1) is 16.2 Å². The van der Waals surface area contributed by atoms with Gasteiger partial charge in [-0.15, -0.1) is 0 Å². The highest BCUT2D eigenvalue weighted by molar-refractivity contribution is 7.92. The van der Waals surface area contributed by atoms with Crippen LogP contribution in [0, 0.1) is 6.92 Å². The number of aryl methyl sites for hydroxylation is 1. The molecule has 0 N–H and O–H groups in total. The Kier molecular flexibility index (Phi) is 6.15. The molecule has 0 atom stereocenters. The van der Waals surface area contributed by atoms with E-state index in [1.807, 2.05) is 32.0 Å². The van der Waals surface area contributed by atoms with Gasteiger partial charge in [0.2, 0.25) is 5.91 Å². The van der Waals surface area contributed by atoms with Crippen LogP contribution in [0.4, 0.5) is 5.13 Å². The summed E-state index contributed by atoms with van der Waals surface area (Å²) in [6, 6.07) is 12.5. The number of carbonyl (C=O) groups excluding carboxylic acids is 1. The van der Waals surface area contributed by atoms with Gasteiger partial charge in [0.1, 0.15) is 17.0 Å². The molecule has 0 radical (unpaired) electrons. The van der Waals surface area contributed by atoms with Crippen LogP contribution < -0.4 is 9.64 Å². The molecule has 4 rings (SSSR count). The summed E-state index contributed by atoms with van der Waals surface area (Å²) in [5, 5.41) is 0.890. The molecule has 1 aliphatic rings. The predicted molar refractivity (Wildman–Crippen MR) is 123 cm³/mol. The molecule has 1 aliphatic heterocycles. The van der Waals surface area contributed by atoms with E-state index in [0.717, 1.165) is 26.7 Å². The van der Waals surface area contributed by atoms with Gasteiger partial charge in [0.25, 0.3) is 0 Å². The van der Waals surface area contributed by atoms with Gasteiger partial charge in [-0.1, -0.05) is 35.1 Å². The van der Waals surface area contributed by atoms with E-state index >= 15 is 0 Å². The number of fused-ring (bicyclic) bond motifs is 1. The average molecular weight is 460 g/mol. The number of anilines is 1. The van der Waals surface area contributed by atoms with Crippen LogP contribution in [-0.4, -0.2) is 62.7 Å². The number of sulfone groups is 1. The smallest absolute Gasteiger partial charge is 0.238 e. The number of hydrogen-bond donors (Lipinski definition) is 0. The Morgan fingerprint density at radius 2 is 1.81 bits per heavy atom. The van der Waals surface area contributed by atoms with E-state index in [-0.39, 0.29) is 10.8 Å². The Balaban J connectivity index is 1.40. The number of benzene rings is 2. The van der Waals surface area contributed by atoms with E-state index in [1.54, 1.807) is 40.5 Å². The third-order valence-corrected chi connectivity index (χ3v) is 7.97. The summed E-state index contributed by atoms with van der Waals surface area (Å²) in [4.78, 5) is 21.4. The Labute approximate surface area is 186 Å². The maximum atomic E-state index is 12.7. The Bertz CT molecular complexity index is 1180. The van der Waals surface area contributed by atoms with Crippen LogP contribution in [0.15, 0.2) is 47.4 Å². The van der Waals surface area contributed by atoms with Crippen molar-refractivity contribution in [2.24, 2.45) is 0 Å². The molecular formula is C22H25N3O4S2. The lowest BCUT2D eigenvalue weighted by molar-refractivity contribution is -0.128. The van der Waals surface area contributed by atoms with Gasteiger partial charge < -0.3 is 14.5 Å². The van der Waals surface area contributed by atoms with Crippen molar-refractivity contribution in [1.29, 1.82) is 0 Å². The standard InChI is InChI=1S/C22H25N3O4S2/c1-3-29-18-5-4-6-19-21(18)23-22(30-19)25-13-11-24(12-14-25)20(26)15-31(27,28)17-9-7-16(2)8-10-17/h4-10H,3,11-15H2,1-2H3. The molecule has 9 heteroatoms. The third kappa shape index (κ3) is 4.67. The minimum Gasteiger partial charge on any atom is -0.492 e. The molecule has 0 spiro atoms. The van der Waals surface area contributed by atoms with E-state index in [0.29, 0.717) is 32.8 Å². The number of carbonyl (C=O) groups is 1. The number of rotatable bonds is 6. The van der Waals surface area contributed by atoms with Crippen LogP contribution in [-0.2, 0) is 14.6 Å². The second kappa shape index (κ2) is 8.84. The van der Waals surface area contributed by atoms with Crippen molar-refractivity contribution in [1.82, 2.24) is 9.88 Å². The van der Waals surface area contributed by atoms with Gasteiger partial charge in [-0.2, -0.15) is 0 Å². The summed E-state index contributed by atoms with van der Waals surface area (Å²) in [6.45, 7) is 6.58. The molecule has 1 aromatic heterocycles. The van der Waals surface area contributed by atoms with Crippen molar-refractivity contribution >= 4 is 42.4 Å². The molecule has 164 valence electrons. The van der Waals surface area contributed by atoms with Gasteiger partial charge in [0, 0.05) is 26.2 Å². The summed E-state index contributed by atoms with van der Waals surface area (Å²) in [7, 11) is -3.65. The highest BCUT2D eigenvalue weighted by Gasteiger charge is 2.27. The van der Waals surface area contributed by atoms with Crippen molar-refractivity contribution in [3.05, 3.63) is 48.0 Å². The van der Waals surface area contributed by atoms with E-state index in [4.69, 9.17) is 9.72 Å². The van der Waals surface area contributed by atoms with Crippen LogP contribution >= 0.6 is 11.3 Å². The Morgan fingerprint density at radius 3 is 2.48 bits per heavy atom. The molecule has 0 saturated carbocycles. The fraction of sp³-hybridized carbons (Fsp3) is 0.364. The monoisotopic (exact) mass is 459 g/mol. The van der Waals surface area contributed by atoms with Gasteiger partial charge in [-0.25, -0.2) is 13.4 Å². The number of aromatic nitrogens is 1. The van der Waals surface area contributed by atoms with Crippen molar-refractivity contribution in [2.75, 3.05) is 43.4 Å². The zero-order valence-corrected chi connectivity index (χ0v) is 19.2.